The molecule has 1 aromatic heterocycles. The third kappa shape index (κ3) is 2.59. The molecule has 1 fully saturated rings. The highest BCUT2D eigenvalue weighted by Gasteiger charge is 2.34. The average molecular weight is 355 g/mol. The summed E-state index contributed by atoms with van der Waals surface area (Å²) in [6.45, 7) is 1.55. The molecule has 1 aliphatic heterocycles. The maximum Gasteiger partial charge on any atom is 0.407 e. The van der Waals surface area contributed by atoms with Crippen LogP contribution in [0.15, 0.2) is 0 Å². The van der Waals surface area contributed by atoms with Gasteiger partial charge in [0.25, 0.3) is 5.91 Å². The van der Waals surface area contributed by atoms with Crippen LogP contribution >= 0.6 is 0 Å². The number of aryl methyl sites for hydroxylation is 1. The molecule has 0 radical (unpaired) electrons. The number of likely N-dealkylation sites (tertiary alicyclic amines) is 1. The van der Waals surface area contributed by atoms with E-state index < -0.39 is 40.9 Å². The smallest absolute Gasteiger partial charge is 0.407 e. The number of aromatic amines is 1. The summed E-state index contributed by atoms with van der Waals surface area (Å²) in [5, 5.41) is 8.88. The number of rotatable bonds is 2. The molecule has 1 unspecified atom stereocenters. The topological polar surface area (TPSA) is 99.4 Å². The van der Waals surface area contributed by atoms with Gasteiger partial charge in [0.15, 0.2) is 17.5 Å². The zero-order chi connectivity index (χ0) is 18.5. The van der Waals surface area contributed by atoms with Crippen molar-refractivity contribution in [2.75, 3.05) is 13.1 Å². The summed E-state index contributed by atoms with van der Waals surface area (Å²) in [6, 6.07) is 0. The van der Waals surface area contributed by atoms with Crippen LogP contribution in [0.5, 0.6) is 0 Å². The molecule has 0 saturated carbocycles. The summed E-state index contributed by atoms with van der Waals surface area (Å²) in [5.41, 5.74) is 3.93. The second-order valence-electron chi connectivity index (χ2n) is 6.16. The van der Waals surface area contributed by atoms with Gasteiger partial charge in [-0.05, 0) is 19.8 Å². The van der Waals surface area contributed by atoms with E-state index in [1.54, 1.807) is 0 Å². The number of hydrogen-bond acceptors (Lipinski definition) is 2. The van der Waals surface area contributed by atoms with E-state index in [0.717, 1.165) is 4.90 Å². The molecule has 2 heterocycles. The van der Waals surface area contributed by atoms with Crippen LogP contribution in [0.4, 0.5) is 18.0 Å². The number of aromatic nitrogens is 1. The number of hydrogen-bond donors (Lipinski definition) is 3. The maximum absolute atomic E-state index is 14.7. The van der Waals surface area contributed by atoms with Crippen molar-refractivity contribution in [3.05, 3.63) is 34.3 Å². The van der Waals surface area contributed by atoms with Gasteiger partial charge in [-0.25, -0.2) is 18.0 Å². The summed E-state index contributed by atoms with van der Waals surface area (Å²) in [4.78, 5) is 26.3. The molecule has 0 spiro atoms. The van der Waals surface area contributed by atoms with Gasteiger partial charge in [-0.15, -0.1) is 0 Å². The highest BCUT2D eigenvalue weighted by molar-refractivity contribution is 6.06. The Bertz CT molecular complexity index is 894. The van der Waals surface area contributed by atoms with Crippen LogP contribution in [0, 0.1) is 24.4 Å². The Balaban J connectivity index is 2.28. The average Bonchev–Trinajstić information content (AvgIpc) is 2.83. The van der Waals surface area contributed by atoms with Crippen molar-refractivity contribution >= 4 is 22.9 Å². The van der Waals surface area contributed by atoms with E-state index in [-0.39, 0.29) is 35.2 Å². The molecule has 2 amide bonds. The van der Waals surface area contributed by atoms with Crippen LogP contribution in [-0.4, -0.2) is 40.1 Å². The van der Waals surface area contributed by atoms with E-state index in [4.69, 9.17) is 10.8 Å². The van der Waals surface area contributed by atoms with E-state index in [1.165, 1.54) is 6.92 Å². The van der Waals surface area contributed by atoms with Gasteiger partial charge in [0.1, 0.15) is 5.56 Å². The van der Waals surface area contributed by atoms with Gasteiger partial charge in [0.2, 0.25) is 0 Å². The first-order valence-corrected chi connectivity index (χ1v) is 7.70. The Morgan fingerprint density at radius 2 is 1.92 bits per heavy atom. The van der Waals surface area contributed by atoms with E-state index in [0.29, 0.717) is 12.8 Å². The van der Waals surface area contributed by atoms with Gasteiger partial charge < -0.3 is 20.7 Å². The second kappa shape index (κ2) is 5.98. The molecule has 1 saturated heterocycles. The number of primary amides is 1. The lowest BCUT2D eigenvalue weighted by atomic mass is 9.86. The van der Waals surface area contributed by atoms with E-state index >= 15 is 0 Å². The molecule has 1 atom stereocenters. The summed E-state index contributed by atoms with van der Waals surface area (Å²) in [6.07, 6.45) is -0.377. The standard InChI is InChI=1S/C16H16F3N3O3/c1-6-11(17)9-8(7-3-2-4-22(5-7)16(24)25)12(18)13(19)10(15(20)23)14(9)21-6/h7,21H,2-5H2,1H3,(H2,20,23)(H,24,25). The summed E-state index contributed by atoms with van der Waals surface area (Å²) >= 11 is 0. The fraction of sp³-hybridized carbons (Fsp3) is 0.375. The van der Waals surface area contributed by atoms with Crippen molar-refractivity contribution < 1.29 is 27.9 Å². The third-order valence-corrected chi connectivity index (χ3v) is 4.63. The van der Waals surface area contributed by atoms with Crippen LogP contribution < -0.4 is 5.73 Å². The van der Waals surface area contributed by atoms with Crippen LogP contribution in [0.1, 0.15) is 40.4 Å². The Morgan fingerprint density at radius 1 is 1.24 bits per heavy atom. The lowest BCUT2D eigenvalue weighted by Gasteiger charge is -2.31. The first-order valence-electron chi connectivity index (χ1n) is 7.70. The van der Waals surface area contributed by atoms with Gasteiger partial charge in [-0.1, -0.05) is 0 Å². The zero-order valence-corrected chi connectivity index (χ0v) is 13.3. The number of halogens is 3. The lowest BCUT2D eigenvalue weighted by Crippen LogP contribution is -2.38. The number of carbonyl (C=O) groups excluding carboxylic acids is 1. The van der Waals surface area contributed by atoms with Gasteiger partial charge in [-0.2, -0.15) is 0 Å². The minimum atomic E-state index is -1.45. The number of nitrogens with one attached hydrogen (secondary N) is 1. The van der Waals surface area contributed by atoms with Crippen molar-refractivity contribution in [3.8, 4) is 0 Å². The number of fused-ring (bicyclic) bond motifs is 1. The van der Waals surface area contributed by atoms with Gasteiger partial charge >= 0.3 is 6.09 Å². The molecule has 3 rings (SSSR count). The SMILES string of the molecule is Cc1[nH]c2c(C(N)=O)c(F)c(F)c(C3CCCN(C(=O)O)C3)c2c1F. The quantitative estimate of drug-likeness (QED) is 0.772. The maximum atomic E-state index is 14.7. The minimum absolute atomic E-state index is 0.00894. The van der Waals surface area contributed by atoms with Crippen molar-refractivity contribution in [1.29, 1.82) is 0 Å². The monoisotopic (exact) mass is 355 g/mol. The number of nitrogens with two attached hydrogens (primary N) is 1. The zero-order valence-electron chi connectivity index (χ0n) is 13.3. The van der Waals surface area contributed by atoms with E-state index in [9.17, 15) is 22.8 Å². The molecule has 1 aliphatic rings. The molecule has 0 aliphatic carbocycles. The van der Waals surface area contributed by atoms with Crippen molar-refractivity contribution in [3.63, 3.8) is 0 Å². The first-order chi connectivity index (χ1) is 11.7. The molecular formula is C16H16F3N3O3. The first kappa shape index (κ1) is 17.1. The van der Waals surface area contributed by atoms with Crippen LogP contribution in [-0.2, 0) is 0 Å². The van der Waals surface area contributed by atoms with Crippen molar-refractivity contribution in [2.45, 2.75) is 25.7 Å². The van der Waals surface area contributed by atoms with Crippen molar-refractivity contribution in [2.24, 2.45) is 5.73 Å². The summed E-state index contributed by atoms with van der Waals surface area (Å²) < 4.78 is 43.8. The molecule has 25 heavy (non-hydrogen) atoms. The van der Waals surface area contributed by atoms with Gasteiger partial charge in [0, 0.05) is 35.7 Å². The molecule has 1 aromatic carbocycles. The highest BCUT2D eigenvalue weighted by Crippen LogP contribution is 2.39. The molecule has 9 heteroatoms. The Kier molecular flexibility index (Phi) is 4.09. The van der Waals surface area contributed by atoms with Crippen molar-refractivity contribution in [1.82, 2.24) is 9.88 Å². The molecule has 2 aromatic rings. The predicted molar refractivity (Wildman–Crippen MR) is 83.0 cm³/mol. The molecule has 0 bridgehead atoms. The summed E-state index contributed by atoms with van der Waals surface area (Å²) in [5.74, 6) is -5.57. The number of nitrogens with zero attached hydrogens (tertiary/aromatic N) is 1. The fourth-order valence-corrected chi connectivity index (χ4v) is 3.49. The fourth-order valence-electron chi connectivity index (χ4n) is 3.49. The molecular weight excluding hydrogens is 339 g/mol. The highest BCUT2D eigenvalue weighted by atomic mass is 19.2. The van der Waals surface area contributed by atoms with Crippen LogP contribution in [0.25, 0.3) is 10.9 Å². The van der Waals surface area contributed by atoms with Crippen LogP contribution in [0.3, 0.4) is 0 Å². The number of piperidine rings is 1. The number of carbonyl (C=O) groups is 2. The largest absolute Gasteiger partial charge is 0.465 e. The normalized spacial score (nSPS) is 17.9. The number of H-pyrrole nitrogens is 1. The minimum Gasteiger partial charge on any atom is -0.465 e. The van der Waals surface area contributed by atoms with Crippen LogP contribution in [0.2, 0.25) is 0 Å². The lowest BCUT2D eigenvalue weighted by molar-refractivity contribution is 0.0997. The van der Waals surface area contributed by atoms with Gasteiger partial charge in [-0.3, -0.25) is 4.79 Å². The molecule has 134 valence electrons. The number of amides is 2. The second-order valence-corrected chi connectivity index (χ2v) is 6.16. The Labute approximate surface area is 140 Å². The predicted octanol–water partition coefficient (Wildman–Crippen LogP) is 2.85. The Morgan fingerprint density at radius 3 is 2.52 bits per heavy atom. The van der Waals surface area contributed by atoms with E-state index in [2.05, 4.69) is 4.98 Å². The third-order valence-electron chi connectivity index (χ3n) is 4.63. The van der Waals surface area contributed by atoms with Gasteiger partial charge in [0.05, 0.1) is 5.52 Å². The Hall–Kier alpha value is -2.71. The number of carboxylic acid groups (broad SMARTS) is 1. The molecule has 6 nitrogen and oxygen atoms in total. The van der Waals surface area contributed by atoms with E-state index in [1.807, 2.05) is 0 Å². The number of benzene rings is 1. The summed E-state index contributed by atoms with van der Waals surface area (Å²) in [7, 11) is 0. The molecule has 4 N–H and O–H groups in total.